The van der Waals surface area contributed by atoms with E-state index in [2.05, 4.69) is 20.4 Å². The molecule has 2 fully saturated rings. The maximum absolute atomic E-state index is 10.7. The van der Waals surface area contributed by atoms with Crippen molar-refractivity contribution in [3.05, 3.63) is 46.5 Å². The Morgan fingerprint density at radius 1 is 1.54 bits per heavy atom. The lowest BCUT2D eigenvalue weighted by Crippen LogP contribution is -2.40. The fourth-order valence-electron chi connectivity index (χ4n) is 3.18. The van der Waals surface area contributed by atoms with Crippen LogP contribution in [-0.2, 0) is 16.3 Å². The molecule has 1 aliphatic carbocycles. The van der Waals surface area contributed by atoms with Crippen molar-refractivity contribution in [3.8, 4) is 5.75 Å². The van der Waals surface area contributed by atoms with Gasteiger partial charge in [0.2, 0.25) is 0 Å². The molecule has 0 unspecified atom stereocenters. The fourth-order valence-corrected chi connectivity index (χ4v) is 10.1. The molecule has 0 spiro atoms. The molecule has 1 heterocycles. The van der Waals surface area contributed by atoms with Gasteiger partial charge in [-0.3, -0.25) is 10.1 Å². The Hall–Kier alpha value is -0.880. The highest BCUT2D eigenvalue weighted by atomic mass is 32.9. The normalized spacial score (nSPS) is 35.2. The van der Waals surface area contributed by atoms with Gasteiger partial charge in [-0.15, -0.1) is 0 Å². The monoisotopic (exact) mass is 385 g/mol. The first-order valence-corrected chi connectivity index (χ1v) is 11.9. The van der Waals surface area contributed by atoms with Crippen LogP contribution in [0.15, 0.2) is 36.4 Å². The van der Waals surface area contributed by atoms with Gasteiger partial charge in [-0.2, -0.15) is 0 Å². The van der Waals surface area contributed by atoms with Gasteiger partial charge in [0, 0.05) is 17.4 Å². The average Bonchev–Trinajstić information content (AvgIpc) is 2.76. The van der Waals surface area contributed by atoms with Crippen LogP contribution >= 0.6 is 17.1 Å². The third-order valence-corrected chi connectivity index (χ3v) is 10.2. The van der Waals surface area contributed by atoms with Gasteiger partial charge in [-0.05, 0) is 63.0 Å². The number of hydrogen-bond donors (Lipinski definition) is 0. The molecule has 1 saturated carbocycles. The number of fused-ring (bicyclic) bond motifs is 1. The van der Waals surface area contributed by atoms with Crippen LogP contribution in [0.4, 0.5) is 5.69 Å². The lowest BCUT2D eigenvalue weighted by Gasteiger charge is -2.37. The summed E-state index contributed by atoms with van der Waals surface area (Å²) in [4.78, 5) is 10.3. The van der Waals surface area contributed by atoms with Crippen LogP contribution in [-0.4, -0.2) is 15.8 Å². The van der Waals surface area contributed by atoms with E-state index in [0.29, 0.717) is 16.9 Å². The Balaban J connectivity index is 1.74. The Bertz CT molecular complexity index is 723. The number of allylic oxidation sites excluding steroid dienone is 1. The largest absolute Gasteiger partial charge is 0.436 e. The van der Waals surface area contributed by atoms with Gasteiger partial charge in [-0.25, -0.2) is 0 Å². The zero-order chi connectivity index (χ0) is 17.5. The molecule has 0 N–H and O–H groups in total. The van der Waals surface area contributed by atoms with Crippen LogP contribution in [0.5, 0.6) is 5.75 Å². The highest BCUT2D eigenvalue weighted by Crippen LogP contribution is 2.74. The zero-order valence-electron chi connectivity index (χ0n) is 13.6. The molecule has 2 aliphatic rings. The van der Waals surface area contributed by atoms with Gasteiger partial charge in [-0.1, -0.05) is 23.5 Å². The molecule has 3 rings (SSSR count). The summed E-state index contributed by atoms with van der Waals surface area (Å²) in [5, 5.41) is 11.0. The number of nitro groups is 1. The second-order valence-electron chi connectivity index (χ2n) is 6.61. The first-order chi connectivity index (χ1) is 11.2. The molecule has 1 saturated heterocycles. The maximum Gasteiger partial charge on any atom is 0.298 e. The minimum absolute atomic E-state index is 0.0315. The van der Waals surface area contributed by atoms with Crippen LogP contribution < -0.4 is 4.52 Å². The molecular weight excluding hydrogens is 365 g/mol. The van der Waals surface area contributed by atoms with Crippen molar-refractivity contribution in [2.24, 2.45) is 5.92 Å². The Morgan fingerprint density at radius 2 is 2.21 bits per heavy atom. The smallest absolute Gasteiger partial charge is 0.298 e. The number of nitro benzene ring substituents is 1. The molecule has 4 atom stereocenters. The maximum atomic E-state index is 10.7. The van der Waals surface area contributed by atoms with Crippen molar-refractivity contribution in [2.75, 3.05) is 0 Å². The van der Waals surface area contributed by atoms with E-state index in [1.54, 1.807) is 23.5 Å². The predicted octanol–water partition coefficient (Wildman–Crippen LogP) is 5.47. The summed E-state index contributed by atoms with van der Waals surface area (Å²) in [5.74, 6) is 1.04. The average molecular weight is 385 g/mol. The number of non-ortho nitro benzene ring substituents is 1. The Labute approximate surface area is 150 Å². The molecule has 0 aromatic heterocycles. The Kier molecular flexibility index (Phi) is 4.82. The van der Waals surface area contributed by atoms with Crippen molar-refractivity contribution in [1.82, 2.24) is 0 Å². The van der Waals surface area contributed by atoms with Crippen molar-refractivity contribution >= 4 is 34.6 Å². The molecule has 130 valence electrons. The number of hydrogen-bond acceptors (Lipinski definition) is 6. The standard InChI is InChI=1S/C16H20NO4PS2/c1-11(2)12-8-9-16(3)15(10-12)24-22(23,21-16)20-14-6-4-13(5-7-14)17(18)19/h4-7,12,15H,1,8-10H2,2-3H3/t12-,15+,16+,22-/m1/s1. The van der Waals surface area contributed by atoms with E-state index in [-0.39, 0.29) is 11.3 Å². The van der Waals surface area contributed by atoms with Crippen LogP contribution in [0, 0.1) is 16.0 Å². The van der Waals surface area contributed by atoms with Crippen molar-refractivity contribution in [3.63, 3.8) is 0 Å². The Morgan fingerprint density at radius 3 is 2.79 bits per heavy atom. The van der Waals surface area contributed by atoms with Crippen molar-refractivity contribution in [2.45, 2.75) is 44.0 Å². The van der Waals surface area contributed by atoms with Crippen molar-refractivity contribution < 1.29 is 14.0 Å². The summed E-state index contributed by atoms with van der Waals surface area (Å²) in [5.41, 5.74) is -1.52. The molecule has 0 bridgehead atoms. The van der Waals surface area contributed by atoms with E-state index in [4.69, 9.17) is 20.9 Å². The molecule has 0 radical (unpaired) electrons. The SMILES string of the molecule is C=C(C)[C@@H]1CC[C@]2(C)O[P@@](=S)(Oc3ccc([N+](=O)[O-])cc3)S[C@H]2C1. The predicted molar refractivity (Wildman–Crippen MR) is 101 cm³/mol. The van der Waals surface area contributed by atoms with Gasteiger partial charge < -0.3 is 9.05 Å². The molecule has 1 aromatic carbocycles. The lowest BCUT2D eigenvalue weighted by molar-refractivity contribution is -0.384. The number of benzene rings is 1. The first-order valence-electron chi connectivity index (χ1n) is 7.79. The van der Waals surface area contributed by atoms with E-state index in [1.807, 2.05) is 0 Å². The van der Waals surface area contributed by atoms with Gasteiger partial charge in [0.15, 0.2) is 0 Å². The van der Waals surface area contributed by atoms with Crippen LogP contribution in [0.2, 0.25) is 0 Å². The summed E-state index contributed by atoms with van der Waals surface area (Å²) in [6.07, 6.45) is 3.03. The van der Waals surface area contributed by atoms with Gasteiger partial charge in [0.1, 0.15) is 5.75 Å². The summed E-state index contributed by atoms with van der Waals surface area (Å²) in [7, 11) is 0. The van der Waals surface area contributed by atoms with Crippen LogP contribution in [0.3, 0.4) is 0 Å². The summed E-state index contributed by atoms with van der Waals surface area (Å²) >= 11 is 7.33. The van der Waals surface area contributed by atoms with Crippen molar-refractivity contribution in [1.29, 1.82) is 0 Å². The summed E-state index contributed by atoms with van der Waals surface area (Å²) < 4.78 is 12.2. The third-order valence-electron chi connectivity index (χ3n) is 4.71. The fraction of sp³-hybridized carbons (Fsp3) is 0.500. The second kappa shape index (κ2) is 6.45. The summed E-state index contributed by atoms with van der Waals surface area (Å²) in [6, 6.07) is 6.00. The molecule has 24 heavy (non-hydrogen) atoms. The van der Waals surface area contributed by atoms with E-state index in [0.717, 1.165) is 19.3 Å². The third kappa shape index (κ3) is 3.54. The van der Waals surface area contributed by atoms with Crippen LogP contribution in [0.1, 0.15) is 33.1 Å². The lowest BCUT2D eigenvalue weighted by atomic mass is 9.77. The molecule has 5 nitrogen and oxygen atoms in total. The molecule has 1 aromatic rings. The van der Waals surface area contributed by atoms with Gasteiger partial charge in [0.05, 0.1) is 10.5 Å². The highest BCUT2D eigenvalue weighted by molar-refractivity contribution is 8.68. The number of nitrogens with zero attached hydrogens (tertiary/aromatic N) is 1. The van der Waals surface area contributed by atoms with E-state index in [1.165, 1.54) is 17.7 Å². The number of rotatable bonds is 4. The van der Waals surface area contributed by atoms with Gasteiger partial charge >= 0.3 is 0 Å². The zero-order valence-corrected chi connectivity index (χ0v) is 16.2. The van der Waals surface area contributed by atoms with Crippen LogP contribution in [0.25, 0.3) is 0 Å². The topological polar surface area (TPSA) is 61.6 Å². The minimum Gasteiger partial charge on any atom is -0.436 e. The van der Waals surface area contributed by atoms with E-state index >= 15 is 0 Å². The first kappa shape index (κ1) is 17.9. The van der Waals surface area contributed by atoms with E-state index < -0.39 is 10.6 Å². The summed E-state index contributed by atoms with van der Waals surface area (Å²) in [6.45, 7) is 8.29. The quantitative estimate of drug-likeness (QED) is 0.297. The molecule has 8 heteroatoms. The van der Waals surface area contributed by atoms with Gasteiger partial charge in [0.25, 0.3) is 11.4 Å². The molecule has 1 aliphatic heterocycles. The molecular formula is C16H20NO4PS2. The van der Waals surface area contributed by atoms with E-state index in [9.17, 15) is 10.1 Å². The second-order valence-corrected chi connectivity index (χ2v) is 12.9. The minimum atomic E-state index is -2.51. The molecule has 0 amide bonds. The highest BCUT2D eigenvalue weighted by Gasteiger charge is 2.53.